The summed E-state index contributed by atoms with van der Waals surface area (Å²) in [7, 11) is 0. The lowest BCUT2D eigenvalue weighted by Gasteiger charge is -2.31. The van der Waals surface area contributed by atoms with Crippen molar-refractivity contribution in [3.63, 3.8) is 0 Å². The smallest absolute Gasteiger partial charge is 0.108 e. The van der Waals surface area contributed by atoms with E-state index in [0.717, 1.165) is 38.5 Å². The predicted octanol–water partition coefficient (Wildman–Crippen LogP) is 1.82. The molecule has 0 bridgehead atoms. The van der Waals surface area contributed by atoms with Gasteiger partial charge in [0.25, 0.3) is 0 Å². The molecule has 1 N–H and O–H groups in total. The Bertz CT molecular complexity index is 314. The second kappa shape index (κ2) is 7.01. The maximum Gasteiger partial charge on any atom is 0.108 e. The van der Waals surface area contributed by atoms with E-state index in [1.54, 1.807) is 11.8 Å². The van der Waals surface area contributed by atoms with Gasteiger partial charge in [-0.2, -0.15) is 0 Å². The van der Waals surface area contributed by atoms with Crippen molar-refractivity contribution in [3.05, 3.63) is 30.3 Å². The molecule has 4 heteroatoms. The van der Waals surface area contributed by atoms with E-state index in [-0.39, 0.29) is 6.23 Å². The Kier molecular flexibility index (Phi) is 5.32. The van der Waals surface area contributed by atoms with Crippen LogP contribution in [0.5, 0.6) is 0 Å². The van der Waals surface area contributed by atoms with E-state index in [1.165, 1.54) is 4.90 Å². The molecule has 0 aromatic heterocycles. The first-order valence-electron chi connectivity index (χ1n) is 6.04. The molecule has 1 saturated heterocycles. The Morgan fingerprint density at radius 2 is 1.94 bits per heavy atom. The van der Waals surface area contributed by atoms with Crippen molar-refractivity contribution in [1.82, 2.24) is 4.90 Å². The molecule has 17 heavy (non-hydrogen) atoms. The number of nitrogens with zero attached hydrogens (tertiary/aromatic N) is 1. The lowest BCUT2D eigenvalue weighted by molar-refractivity contribution is -0.0588. The van der Waals surface area contributed by atoms with Gasteiger partial charge in [-0.15, -0.1) is 11.8 Å². The number of ether oxygens (including phenoxy) is 1. The highest BCUT2D eigenvalue weighted by atomic mass is 32.2. The third-order valence-electron chi connectivity index (χ3n) is 2.86. The van der Waals surface area contributed by atoms with Crippen LogP contribution in [0.25, 0.3) is 0 Å². The van der Waals surface area contributed by atoms with Crippen LogP contribution in [0, 0.1) is 0 Å². The monoisotopic (exact) mass is 253 g/mol. The number of aliphatic hydroxyl groups is 1. The summed E-state index contributed by atoms with van der Waals surface area (Å²) >= 11 is 1.79. The van der Waals surface area contributed by atoms with E-state index >= 15 is 0 Å². The third-order valence-corrected chi connectivity index (χ3v) is 3.90. The van der Waals surface area contributed by atoms with Gasteiger partial charge < -0.3 is 9.84 Å². The van der Waals surface area contributed by atoms with Crippen LogP contribution in [0.3, 0.4) is 0 Å². The van der Waals surface area contributed by atoms with Gasteiger partial charge in [-0.3, -0.25) is 4.90 Å². The summed E-state index contributed by atoms with van der Waals surface area (Å²) < 4.78 is 5.27. The molecule has 1 atom stereocenters. The molecule has 94 valence electrons. The first-order chi connectivity index (χ1) is 8.36. The van der Waals surface area contributed by atoms with Gasteiger partial charge in [-0.05, 0) is 18.6 Å². The fraction of sp³-hybridized carbons (Fsp3) is 0.538. The minimum Gasteiger partial charge on any atom is -0.379 e. The van der Waals surface area contributed by atoms with Crippen LogP contribution in [0.15, 0.2) is 35.2 Å². The molecule has 0 saturated carbocycles. The van der Waals surface area contributed by atoms with Crippen molar-refractivity contribution < 1.29 is 9.84 Å². The first-order valence-corrected chi connectivity index (χ1v) is 7.02. The van der Waals surface area contributed by atoms with Crippen molar-refractivity contribution in [2.75, 3.05) is 32.1 Å². The van der Waals surface area contributed by atoms with Gasteiger partial charge in [0.1, 0.15) is 6.23 Å². The van der Waals surface area contributed by atoms with Crippen LogP contribution in [0.2, 0.25) is 0 Å². The topological polar surface area (TPSA) is 32.7 Å². The SMILES string of the molecule is OC(CCSc1ccccc1)N1CCOCC1. The molecule has 1 heterocycles. The van der Waals surface area contributed by atoms with Crippen LogP contribution in [0.4, 0.5) is 0 Å². The highest BCUT2D eigenvalue weighted by Gasteiger charge is 2.17. The predicted molar refractivity (Wildman–Crippen MR) is 70.2 cm³/mol. The van der Waals surface area contributed by atoms with Gasteiger partial charge >= 0.3 is 0 Å². The summed E-state index contributed by atoms with van der Waals surface area (Å²) in [6, 6.07) is 10.3. The minimum atomic E-state index is -0.324. The number of morpholine rings is 1. The van der Waals surface area contributed by atoms with Crippen LogP contribution in [0.1, 0.15) is 6.42 Å². The molecule has 1 aliphatic heterocycles. The van der Waals surface area contributed by atoms with Crippen molar-refractivity contribution in [1.29, 1.82) is 0 Å². The zero-order valence-corrected chi connectivity index (χ0v) is 10.7. The van der Waals surface area contributed by atoms with Crippen LogP contribution < -0.4 is 0 Å². The summed E-state index contributed by atoms with van der Waals surface area (Å²) in [5.41, 5.74) is 0. The van der Waals surface area contributed by atoms with E-state index in [2.05, 4.69) is 17.0 Å². The summed E-state index contributed by atoms with van der Waals surface area (Å²) in [6.07, 6.45) is 0.481. The van der Waals surface area contributed by atoms with Crippen molar-refractivity contribution in [2.24, 2.45) is 0 Å². The average Bonchev–Trinajstić information content (AvgIpc) is 2.41. The maximum atomic E-state index is 10.0. The average molecular weight is 253 g/mol. The van der Waals surface area contributed by atoms with Crippen LogP contribution in [-0.4, -0.2) is 48.3 Å². The Morgan fingerprint density at radius 3 is 2.65 bits per heavy atom. The van der Waals surface area contributed by atoms with Gasteiger partial charge in [-0.1, -0.05) is 18.2 Å². The van der Waals surface area contributed by atoms with Gasteiger partial charge in [-0.25, -0.2) is 0 Å². The highest BCUT2D eigenvalue weighted by Crippen LogP contribution is 2.19. The summed E-state index contributed by atoms with van der Waals surface area (Å²) in [5.74, 6) is 0.947. The maximum absolute atomic E-state index is 10.0. The second-order valence-corrected chi connectivity index (χ2v) is 5.25. The van der Waals surface area contributed by atoms with Crippen molar-refractivity contribution in [2.45, 2.75) is 17.5 Å². The molecule has 0 radical (unpaired) electrons. The van der Waals surface area contributed by atoms with Gasteiger partial charge in [0.2, 0.25) is 0 Å². The Morgan fingerprint density at radius 1 is 1.24 bits per heavy atom. The number of benzene rings is 1. The Balaban J connectivity index is 1.67. The lowest BCUT2D eigenvalue weighted by atomic mass is 10.3. The molecule has 2 rings (SSSR count). The van der Waals surface area contributed by atoms with E-state index in [4.69, 9.17) is 4.74 Å². The molecular formula is C13H19NO2S. The Labute approximate surface area is 107 Å². The third kappa shape index (κ3) is 4.32. The molecule has 1 fully saturated rings. The zero-order valence-electron chi connectivity index (χ0n) is 9.92. The van der Waals surface area contributed by atoms with E-state index in [1.807, 2.05) is 18.2 Å². The number of thioether (sulfide) groups is 1. The fourth-order valence-electron chi connectivity index (χ4n) is 1.86. The van der Waals surface area contributed by atoms with Crippen molar-refractivity contribution >= 4 is 11.8 Å². The van der Waals surface area contributed by atoms with Crippen molar-refractivity contribution in [3.8, 4) is 0 Å². The standard InChI is InChI=1S/C13H19NO2S/c15-13(14-7-9-16-10-8-14)6-11-17-12-4-2-1-3-5-12/h1-5,13,15H,6-11H2. The van der Waals surface area contributed by atoms with E-state index in [0.29, 0.717) is 0 Å². The normalized spacial score (nSPS) is 19.1. The molecule has 0 spiro atoms. The summed E-state index contributed by atoms with van der Waals surface area (Å²) in [5, 5.41) is 10.0. The van der Waals surface area contributed by atoms with Crippen LogP contribution >= 0.6 is 11.8 Å². The van der Waals surface area contributed by atoms with E-state index in [9.17, 15) is 5.11 Å². The number of hydrogen-bond donors (Lipinski definition) is 1. The number of aliphatic hydroxyl groups excluding tert-OH is 1. The fourth-order valence-corrected chi connectivity index (χ4v) is 2.77. The Hall–Kier alpha value is -0.550. The second-order valence-electron chi connectivity index (χ2n) is 4.08. The zero-order chi connectivity index (χ0) is 11.9. The molecule has 3 nitrogen and oxygen atoms in total. The van der Waals surface area contributed by atoms with Gasteiger partial charge in [0.05, 0.1) is 13.2 Å². The first kappa shape index (κ1) is 12.9. The number of hydrogen-bond acceptors (Lipinski definition) is 4. The van der Waals surface area contributed by atoms with Gasteiger partial charge in [0, 0.05) is 23.7 Å². The highest BCUT2D eigenvalue weighted by molar-refractivity contribution is 7.99. The molecule has 0 aliphatic carbocycles. The quantitative estimate of drug-likeness (QED) is 0.811. The lowest BCUT2D eigenvalue weighted by Crippen LogP contribution is -2.43. The molecule has 0 amide bonds. The minimum absolute atomic E-state index is 0.324. The van der Waals surface area contributed by atoms with Crippen LogP contribution in [-0.2, 0) is 4.74 Å². The largest absolute Gasteiger partial charge is 0.379 e. The molecule has 1 unspecified atom stereocenters. The number of rotatable bonds is 5. The van der Waals surface area contributed by atoms with E-state index < -0.39 is 0 Å². The molecule has 1 aromatic carbocycles. The summed E-state index contributed by atoms with van der Waals surface area (Å²) in [4.78, 5) is 3.36. The molecule has 1 aromatic rings. The summed E-state index contributed by atoms with van der Waals surface area (Å²) in [6.45, 7) is 3.17. The molecular weight excluding hydrogens is 234 g/mol. The molecule has 1 aliphatic rings. The van der Waals surface area contributed by atoms with Gasteiger partial charge in [0.15, 0.2) is 0 Å².